The van der Waals surface area contributed by atoms with Gasteiger partial charge >= 0.3 is 0 Å². The highest BCUT2D eigenvalue weighted by molar-refractivity contribution is 7.89. The molecule has 1 aromatic rings. The second-order valence-corrected chi connectivity index (χ2v) is 10.6. The topological polar surface area (TPSA) is 69.7 Å². The van der Waals surface area contributed by atoms with Crippen molar-refractivity contribution >= 4 is 15.9 Å². The number of benzene rings is 1. The molecule has 1 saturated heterocycles. The van der Waals surface area contributed by atoms with Gasteiger partial charge in [0.1, 0.15) is 0 Å². The fourth-order valence-corrected chi connectivity index (χ4v) is 5.30. The van der Waals surface area contributed by atoms with Crippen LogP contribution in [-0.2, 0) is 27.7 Å². The lowest BCUT2D eigenvalue weighted by Gasteiger charge is -2.37. The first-order valence-electron chi connectivity index (χ1n) is 9.76. The van der Waals surface area contributed by atoms with Gasteiger partial charge in [-0.3, -0.25) is 9.69 Å². The Balaban J connectivity index is 1.64. The Morgan fingerprint density at radius 3 is 2.33 bits per heavy atom. The van der Waals surface area contributed by atoms with Gasteiger partial charge in [0.05, 0.1) is 10.9 Å². The van der Waals surface area contributed by atoms with Crippen molar-refractivity contribution in [3.05, 3.63) is 29.3 Å². The number of nitrogens with zero attached hydrogens (tertiary/aromatic N) is 2. The van der Waals surface area contributed by atoms with E-state index in [4.69, 9.17) is 0 Å². The summed E-state index contributed by atoms with van der Waals surface area (Å²) in [5.41, 5.74) is 2.17. The second-order valence-electron chi connectivity index (χ2n) is 8.64. The van der Waals surface area contributed by atoms with Crippen LogP contribution >= 0.6 is 0 Å². The highest BCUT2D eigenvalue weighted by Crippen LogP contribution is 2.27. The van der Waals surface area contributed by atoms with Crippen LogP contribution in [-0.4, -0.2) is 61.3 Å². The lowest BCUT2D eigenvalue weighted by molar-refractivity contribution is -0.127. The first-order valence-corrected chi connectivity index (χ1v) is 11.2. The van der Waals surface area contributed by atoms with E-state index >= 15 is 0 Å². The summed E-state index contributed by atoms with van der Waals surface area (Å²) in [5.74, 6) is -0.0163. The van der Waals surface area contributed by atoms with Gasteiger partial charge in [0.25, 0.3) is 0 Å². The Bertz CT molecular complexity index is 806. The maximum atomic E-state index is 13.0. The first kappa shape index (κ1) is 20.3. The van der Waals surface area contributed by atoms with Gasteiger partial charge in [-0.15, -0.1) is 0 Å². The average Bonchev–Trinajstić information content (AvgIpc) is 3.07. The van der Waals surface area contributed by atoms with Crippen molar-refractivity contribution in [2.45, 2.75) is 63.4 Å². The Kier molecular flexibility index (Phi) is 5.66. The minimum absolute atomic E-state index is 0.0163. The summed E-state index contributed by atoms with van der Waals surface area (Å²) in [6.45, 7) is 9.69. The molecule has 150 valence electrons. The number of hydrogen-bond donors (Lipinski definition) is 1. The number of piperazine rings is 1. The SMILES string of the molecule is C[C@H](C(=O)NC(C)(C)C)N1CCN(S(=O)(=O)c2ccc3c(c2)CCC3)CC1. The summed E-state index contributed by atoms with van der Waals surface area (Å²) >= 11 is 0. The molecule has 0 aromatic heterocycles. The highest BCUT2D eigenvalue weighted by Gasteiger charge is 2.33. The van der Waals surface area contributed by atoms with Gasteiger partial charge in [-0.25, -0.2) is 8.42 Å². The number of carbonyl (C=O) groups excluding carboxylic acids is 1. The molecule has 1 N–H and O–H groups in total. The van der Waals surface area contributed by atoms with Crippen LogP contribution in [0.25, 0.3) is 0 Å². The molecule has 0 bridgehead atoms. The average molecular weight is 394 g/mol. The van der Waals surface area contributed by atoms with E-state index in [-0.39, 0.29) is 17.5 Å². The van der Waals surface area contributed by atoms with Crippen LogP contribution in [0.15, 0.2) is 23.1 Å². The third kappa shape index (κ3) is 4.52. The Morgan fingerprint density at radius 1 is 1.07 bits per heavy atom. The van der Waals surface area contributed by atoms with Gasteiger partial charge < -0.3 is 5.32 Å². The van der Waals surface area contributed by atoms with E-state index in [1.54, 1.807) is 10.4 Å². The van der Waals surface area contributed by atoms with Crippen LogP contribution in [0.1, 0.15) is 45.2 Å². The second kappa shape index (κ2) is 7.53. The summed E-state index contributed by atoms with van der Waals surface area (Å²) in [6.07, 6.45) is 3.11. The Labute approximate surface area is 163 Å². The summed E-state index contributed by atoms with van der Waals surface area (Å²) in [4.78, 5) is 14.8. The molecule has 0 saturated carbocycles. The van der Waals surface area contributed by atoms with Gasteiger partial charge in [0.2, 0.25) is 15.9 Å². The molecule has 7 heteroatoms. The lowest BCUT2D eigenvalue weighted by Crippen LogP contribution is -2.56. The van der Waals surface area contributed by atoms with Crippen LogP contribution < -0.4 is 5.32 Å². The van der Waals surface area contributed by atoms with Gasteiger partial charge in [0, 0.05) is 31.7 Å². The van der Waals surface area contributed by atoms with Gasteiger partial charge in [-0.2, -0.15) is 4.31 Å². The zero-order chi connectivity index (χ0) is 19.8. The molecule has 0 unspecified atom stereocenters. The van der Waals surface area contributed by atoms with E-state index in [9.17, 15) is 13.2 Å². The summed E-state index contributed by atoms with van der Waals surface area (Å²) < 4.78 is 27.6. The molecule has 6 nitrogen and oxygen atoms in total. The fraction of sp³-hybridized carbons (Fsp3) is 0.650. The molecule has 1 aliphatic heterocycles. The fourth-order valence-electron chi connectivity index (χ4n) is 3.83. The molecule has 1 amide bonds. The van der Waals surface area contributed by atoms with Crippen molar-refractivity contribution in [3.63, 3.8) is 0 Å². The van der Waals surface area contributed by atoms with Crippen molar-refractivity contribution in [2.24, 2.45) is 0 Å². The van der Waals surface area contributed by atoms with Gasteiger partial charge in [-0.05, 0) is 70.2 Å². The molecular formula is C20H31N3O3S. The van der Waals surface area contributed by atoms with Crippen LogP contribution in [0.5, 0.6) is 0 Å². The largest absolute Gasteiger partial charge is 0.350 e. The number of nitrogens with one attached hydrogen (secondary N) is 1. The van der Waals surface area contributed by atoms with E-state index in [0.717, 1.165) is 19.3 Å². The molecule has 1 aromatic carbocycles. The summed E-state index contributed by atoms with van der Waals surface area (Å²) in [6, 6.07) is 5.29. The third-order valence-corrected chi connectivity index (χ3v) is 7.30. The van der Waals surface area contributed by atoms with E-state index in [0.29, 0.717) is 31.1 Å². The highest BCUT2D eigenvalue weighted by atomic mass is 32.2. The van der Waals surface area contributed by atoms with Crippen LogP contribution in [0.4, 0.5) is 0 Å². The maximum Gasteiger partial charge on any atom is 0.243 e. The van der Waals surface area contributed by atoms with Crippen molar-refractivity contribution in [1.82, 2.24) is 14.5 Å². The zero-order valence-electron chi connectivity index (χ0n) is 16.8. The van der Waals surface area contributed by atoms with E-state index < -0.39 is 10.0 Å². The Hall–Kier alpha value is -1.44. The monoisotopic (exact) mass is 393 g/mol. The number of hydrogen-bond acceptors (Lipinski definition) is 4. The molecule has 2 aliphatic rings. The van der Waals surface area contributed by atoms with Gasteiger partial charge in [-0.1, -0.05) is 6.07 Å². The first-order chi connectivity index (χ1) is 12.6. The number of sulfonamides is 1. The molecular weight excluding hydrogens is 362 g/mol. The van der Waals surface area contributed by atoms with Crippen molar-refractivity contribution in [1.29, 1.82) is 0 Å². The quantitative estimate of drug-likeness (QED) is 0.847. The van der Waals surface area contributed by atoms with Crippen LogP contribution in [0.2, 0.25) is 0 Å². The van der Waals surface area contributed by atoms with Gasteiger partial charge in [0.15, 0.2) is 0 Å². The molecule has 3 rings (SSSR count). The van der Waals surface area contributed by atoms with E-state index in [1.165, 1.54) is 11.1 Å². The molecule has 0 spiro atoms. The molecule has 1 heterocycles. The standard InChI is InChI=1S/C20H31N3O3S/c1-15(19(24)21-20(2,3)4)22-10-12-23(13-11-22)27(25,26)18-9-8-16-6-5-7-17(16)14-18/h8-9,14-15H,5-7,10-13H2,1-4H3,(H,21,24)/t15-/m1/s1. The summed E-state index contributed by atoms with van der Waals surface area (Å²) in [7, 11) is -3.48. The van der Waals surface area contributed by atoms with Crippen molar-refractivity contribution in [3.8, 4) is 0 Å². The number of fused-ring (bicyclic) bond motifs is 1. The molecule has 0 radical (unpaired) electrons. The van der Waals surface area contributed by atoms with E-state index in [2.05, 4.69) is 10.2 Å². The normalized spacial score (nSPS) is 20.3. The smallest absolute Gasteiger partial charge is 0.243 e. The number of aryl methyl sites for hydroxylation is 2. The third-order valence-electron chi connectivity index (χ3n) is 5.41. The molecule has 1 atom stereocenters. The number of carbonyl (C=O) groups is 1. The van der Waals surface area contributed by atoms with Crippen molar-refractivity contribution in [2.75, 3.05) is 26.2 Å². The van der Waals surface area contributed by atoms with E-state index in [1.807, 2.05) is 39.8 Å². The molecule has 1 aliphatic carbocycles. The van der Waals surface area contributed by atoms with Crippen molar-refractivity contribution < 1.29 is 13.2 Å². The maximum absolute atomic E-state index is 13.0. The number of rotatable bonds is 4. The predicted octanol–water partition coefficient (Wildman–Crippen LogP) is 1.78. The minimum atomic E-state index is -3.48. The summed E-state index contributed by atoms with van der Waals surface area (Å²) in [5, 5.41) is 2.99. The Morgan fingerprint density at radius 2 is 1.70 bits per heavy atom. The van der Waals surface area contributed by atoms with Crippen LogP contribution in [0, 0.1) is 0 Å². The zero-order valence-corrected chi connectivity index (χ0v) is 17.6. The van der Waals surface area contributed by atoms with Crippen LogP contribution in [0.3, 0.4) is 0 Å². The predicted molar refractivity (Wildman–Crippen MR) is 106 cm³/mol. The molecule has 1 fully saturated rings. The number of amides is 1. The minimum Gasteiger partial charge on any atom is -0.350 e. The molecule has 27 heavy (non-hydrogen) atoms. The lowest BCUT2D eigenvalue weighted by atomic mass is 10.1.